The highest BCUT2D eigenvalue weighted by Gasteiger charge is 2.42. The zero-order valence-electron chi connectivity index (χ0n) is 20.0. The van der Waals surface area contributed by atoms with E-state index in [0.29, 0.717) is 29.0 Å². The van der Waals surface area contributed by atoms with Crippen molar-refractivity contribution >= 4 is 29.0 Å². The largest absolute Gasteiger partial charge is 0.496 e. The number of benzene rings is 2. The molecule has 1 atom stereocenters. The molecule has 0 aromatic heterocycles. The van der Waals surface area contributed by atoms with Crippen molar-refractivity contribution in [2.75, 3.05) is 14.2 Å². The summed E-state index contributed by atoms with van der Waals surface area (Å²) in [5, 5.41) is 2.90. The molecule has 2 aliphatic rings. The fraction of sp³-hybridized carbons (Fsp3) is 0.133. The summed E-state index contributed by atoms with van der Waals surface area (Å²) in [5.74, 6) is 1.73. The molecule has 4 nitrogen and oxygen atoms in total. The summed E-state index contributed by atoms with van der Waals surface area (Å²) >= 11 is 0. The van der Waals surface area contributed by atoms with Gasteiger partial charge in [-0.3, -0.25) is 4.57 Å². The number of fused-ring (bicyclic) bond motifs is 3. The lowest BCUT2D eigenvalue weighted by Crippen LogP contribution is -2.19. The van der Waals surface area contributed by atoms with Crippen LogP contribution in [-0.2, 0) is 4.57 Å². The zero-order chi connectivity index (χ0) is 24.4. The normalized spacial score (nSPS) is 18.1. The van der Waals surface area contributed by atoms with Gasteiger partial charge >= 0.3 is 7.37 Å². The minimum atomic E-state index is -3.57. The van der Waals surface area contributed by atoms with Crippen LogP contribution in [-0.4, -0.2) is 14.2 Å². The Bertz CT molecular complexity index is 1510. The second-order valence-electron chi connectivity index (χ2n) is 8.44. The van der Waals surface area contributed by atoms with Crippen LogP contribution in [0.1, 0.15) is 17.5 Å². The Kier molecular flexibility index (Phi) is 6.23. The van der Waals surface area contributed by atoms with Crippen LogP contribution in [0.15, 0.2) is 102 Å². The Morgan fingerprint density at radius 3 is 2.43 bits per heavy atom. The van der Waals surface area contributed by atoms with Crippen LogP contribution in [0, 0.1) is 6.92 Å². The second-order valence-corrected chi connectivity index (χ2v) is 10.7. The maximum absolute atomic E-state index is 15.0. The number of aryl methyl sites for hydroxylation is 1. The molecule has 1 heterocycles. The zero-order valence-corrected chi connectivity index (χ0v) is 20.9. The van der Waals surface area contributed by atoms with Gasteiger partial charge in [-0.1, -0.05) is 84.5 Å². The molecule has 0 N–H and O–H groups in total. The molecule has 0 spiro atoms. The third-order valence-corrected chi connectivity index (χ3v) is 8.82. The predicted octanol–water partition coefficient (Wildman–Crippen LogP) is 7.51. The first-order valence-corrected chi connectivity index (χ1v) is 13.1. The molecule has 0 saturated heterocycles. The van der Waals surface area contributed by atoms with Crippen LogP contribution >= 0.6 is 7.37 Å². The molecule has 3 aromatic carbocycles. The monoisotopic (exact) mass is 482 g/mol. The fourth-order valence-corrected chi connectivity index (χ4v) is 7.20. The SMILES string of the molecule is COc1cc(P2(=O)Oc3ccccc3C3=C2CC=CC=C3)c(OC)c2ccccccc(C)cc12. The lowest BCUT2D eigenvalue weighted by molar-refractivity contribution is 0.411. The molecule has 1 aliphatic heterocycles. The summed E-state index contributed by atoms with van der Waals surface area (Å²) in [6.07, 6.45) is 8.50. The lowest BCUT2D eigenvalue weighted by atomic mass is 10.0. The molecule has 0 saturated carbocycles. The number of allylic oxidation sites excluding steroid dienone is 6. The highest BCUT2D eigenvalue weighted by Crippen LogP contribution is 2.64. The van der Waals surface area contributed by atoms with Crippen LogP contribution in [0.25, 0.3) is 16.3 Å². The number of para-hydroxylation sites is 1. The van der Waals surface area contributed by atoms with Gasteiger partial charge in [0.25, 0.3) is 0 Å². The summed E-state index contributed by atoms with van der Waals surface area (Å²) in [6, 6.07) is 23.5. The first-order valence-electron chi connectivity index (χ1n) is 11.5. The summed E-state index contributed by atoms with van der Waals surface area (Å²) in [4.78, 5) is 0. The average Bonchev–Trinajstić information content (AvgIpc) is 3.13. The van der Waals surface area contributed by atoms with Crippen molar-refractivity contribution in [2.45, 2.75) is 13.3 Å². The molecule has 1 unspecified atom stereocenters. The van der Waals surface area contributed by atoms with Gasteiger partial charge in [-0.25, -0.2) is 0 Å². The summed E-state index contributed by atoms with van der Waals surface area (Å²) < 4.78 is 33.3. The molecule has 1 aliphatic carbocycles. The van der Waals surface area contributed by atoms with Gasteiger partial charge in [-0.2, -0.15) is 0 Å². The third-order valence-electron chi connectivity index (χ3n) is 6.26. The van der Waals surface area contributed by atoms with E-state index in [1.54, 1.807) is 14.2 Å². The van der Waals surface area contributed by atoms with E-state index < -0.39 is 7.37 Å². The maximum atomic E-state index is 15.0. The smallest absolute Gasteiger partial charge is 0.307 e. The summed E-state index contributed by atoms with van der Waals surface area (Å²) in [7, 11) is -0.337. The molecular weight excluding hydrogens is 455 g/mol. The Hall–Kier alpha value is -3.75. The average molecular weight is 483 g/mol. The van der Waals surface area contributed by atoms with Gasteiger partial charge in [0.15, 0.2) is 0 Å². The first kappa shape index (κ1) is 23.0. The molecule has 0 radical (unpaired) electrons. The highest BCUT2D eigenvalue weighted by atomic mass is 31.2. The van der Waals surface area contributed by atoms with Crippen LogP contribution in [0.5, 0.6) is 17.2 Å². The van der Waals surface area contributed by atoms with Crippen LogP contribution in [0.2, 0.25) is 0 Å². The number of methoxy groups -OCH3 is 2. The van der Waals surface area contributed by atoms with Crippen molar-refractivity contribution in [2.24, 2.45) is 0 Å². The van der Waals surface area contributed by atoms with Gasteiger partial charge in [0.05, 0.1) is 19.5 Å². The van der Waals surface area contributed by atoms with Crippen molar-refractivity contribution in [3.05, 3.63) is 114 Å². The number of ether oxygens (including phenoxy) is 2. The van der Waals surface area contributed by atoms with Gasteiger partial charge in [0, 0.05) is 21.7 Å². The topological polar surface area (TPSA) is 44.8 Å². The van der Waals surface area contributed by atoms with Gasteiger partial charge < -0.3 is 14.0 Å². The molecule has 5 rings (SSSR count). The Labute approximate surface area is 205 Å². The molecular formula is C30H27O4P. The van der Waals surface area contributed by atoms with E-state index in [4.69, 9.17) is 14.0 Å². The summed E-state index contributed by atoms with van der Waals surface area (Å²) in [6.45, 7) is 2.03. The molecule has 0 amide bonds. The number of hydrogen-bond acceptors (Lipinski definition) is 4. The van der Waals surface area contributed by atoms with Crippen molar-refractivity contribution in [3.63, 3.8) is 0 Å². The second kappa shape index (κ2) is 9.48. The minimum absolute atomic E-state index is 0.494. The fourth-order valence-electron chi connectivity index (χ4n) is 4.64. The van der Waals surface area contributed by atoms with Crippen molar-refractivity contribution in [1.82, 2.24) is 0 Å². The van der Waals surface area contributed by atoms with E-state index in [-0.39, 0.29) is 0 Å². The van der Waals surface area contributed by atoms with Crippen LogP contribution in [0.4, 0.5) is 0 Å². The quantitative estimate of drug-likeness (QED) is 0.362. The Morgan fingerprint density at radius 2 is 1.63 bits per heavy atom. The molecule has 35 heavy (non-hydrogen) atoms. The Balaban J connectivity index is 1.90. The lowest BCUT2D eigenvalue weighted by Gasteiger charge is -2.31. The molecule has 0 fully saturated rings. The van der Waals surface area contributed by atoms with Gasteiger partial charge in [-0.15, -0.1) is 0 Å². The standard InChI is InChI=1S/C30H27O4P/c1-21-13-7-4-5-8-16-24-25(19-21)27(32-2)20-29(30(24)33-3)35(31)28-18-10-6-9-15-23(28)22-14-11-12-17-26(22)34-35/h4-17,19-20H,18H2,1-3H3. The van der Waals surface area contributed by atoms with E-state index >= 15 is 4.57 Å². The first-order chi connectivity index (χ1) is 17.1. The minimum Gasteiger partial charge on any atom is -0.496 e. The maximum Gasteiger partial charge on any atom is 0.307 e. The third kappa shape index (κ3) is 4.05. The van der Waals surface area contributed by atoms with E-state index in [1.807, 2.05) is 98.0 Å². The highest BCUT2D eigenvalue weighted by molar-refractivity contribution is 7.72. The van der Waals surface area contributed by atoms with E-state index in [9.17, 15) is 0 Å². The van der Waals surface area contributed by atoms with Gasteiger partial charge in [0.1, 0.15) is 17.2 Å². The summed E-state index contributed by atoms with van der Waals surface area (Å²) in [5.41, 5.74) is 2.92. The van der Waals surface area contributed by atoms with Crippen LogP contribution < -0.4 is 19.3 Å². The molecule has 0 bridgehead atoms. The molecule has 5 heteroatoms. The number of hydrogen-bond donors (Lipinski definition) is 0. The van der Waals surface area contributed by atoms with Crippen LogP contribution in [0.3, 0.4) is 0 Å². The van der Waals surface area contributed by atoms with Gasteiger partial charge in [-0.05, 0) is 37.1 Å². The molecule has 3 aromatic rings. The van der Waals surface area contributed by atoms with Crippen molar-refractivity contribution in [1.29, 1.82) is 0 Å². The molecule has 176 valence electrons. The van der Waals surface area contributed by atoms with E-state index in [2.05, 4.69) is 6.07 Å². The Morgan fingerprint density at radius 1 is 0.857 bits per heavy atom. The predicted molar refractivity (Wildman–Crippen MR) is 144 cm³/mol. The van der Waals surface area contributed by atoms with Gasteiger partial charge in [0.2, 0.25) is 0 Å². The van der Waals surface area contributed by atoms with E-state index in [0.717, 1.165) is 32.8 Å². The van der Waals surface area contributed by atoms with E-state index in [1.165, 1.54) is 0 Å². The van der Waals surface area contributed by atoms with Crippen molar-refractivity contribution in [3.8, 4) is 17.2 Å². The number of rotatable bonds is 3. The van der Waals surface area contributed by atoms with Crippen molar-refractivity contribution < 1.29 is 18.6 Å².